The molecule has 1 fully saturated rings. The van der Waals surface area contributed by atoms with Crippen LogP contribution in [0.2, 0.25) is 0 Å². The van der Waals surface area contributed by atoms with Gasteiger partial charge >= 0.3 is 0 Å². The topological polar surface area (TPSA) is 66.9 Å². The zero-order valence-electron chi connectivity index (χ0n) is 13.3. The van der Waals surface area contributed by atoms with E-state index < -0.39 is 15.3 Å². The van der Waals surface area contributed by atoms with Crippen LogP contribution in [0.3, 0.4) is 0 Å². The van der Waals surface area contributed by atoms with Crippen molar-refractivity contribution in [3.8, 4) is 5.75 Å². The number of nitrogens with zero attached hydrogens (tertiary/aromatic N) is 2. The van der Waals surface area contributed by atoms with Gasteiger partial charge in [0.25, 0.3) is 5.24 Å². The van der Waals surface area contributed by atoms with E-state index in [1.54, 1.807) is 0 Å². The Morgan fingerprint density at radius 2 is 1.91 bits per heavy atom. The summed E-state index contributed by atoms with van der Waals surface area (Å²) in [6.45, 7) is 4.58. The first-order chi connectivity index (χ1) is 10.9. The summed E-state index contributed by atoms with van der Waals surface area (Å²) in [5.74, 6) is 0.210. The van der Waals surface area contributed by atoms with Gasteiger partial charge in [0.05, 0.1) is 17.1 Å². The molecule has 0 aromatic heterocycles. The van der Waals surface area contributed by atoms with Gasteiger partial charge in [-0.05, 0) is 37.2 Å². The van der Waals surface area contributed by atoms with Crippen LogP contribution in [0.1, 0.15) is 23.7 Å². The lowest BCUT2D eigenvalue weighted by Crippen LogP contribution is -2.47. The Morgan fingerprint density at radius 1 is 1.26 bits per heavy atom. The number of halogens is 1. The van der Waals surface area contributed by atoms with Crippen molar-refractivity contribution in [2.45, 2.75) is 18.2 Å². The van der Waals surface area contributed by atoms with E-state index >= 15 is 0 Å². The first-order valence-corrected chi connectivity index (χ1v) is 9.33. The van der Waals surface area contributed by atoms with Crippen LogP contribution in [0.25, 0.3) is 0 Å². The number of hydrogen-bond acceptors (Lipinski definition) is 5. The van der Waals surface area contributed by atoms with Crippen LogP contribution < -0.4 is 4.74 Å². The summed E-state index contributed by atoms with van der Waals surface area (Å²) in [5.41, 5.74) is 0.178. The average Bonchev–Trinajstić information content (AvgIpc) is 2.52. The predicted molar refractivity (Wildman–Crippen MR) is 88.7 cm³/mol. The third-order valence-corrected chi connectivity index (χ3v) is 5.82. The van der Waals surface area contributed by atoms with Gasteiger partial charge in [-0.2, -0.15) is 4.31 Å². The van der Waals surface area contributed by atoms with Crippen molar-refractivity contribution in [2.24, 2.45) is 0 Å². The van der Waals surface area contributed by atoms with E-state index in [4.69, 9.17) is 16.3 Å². The summed E-state index contributed by atoms with van der Waals surface area (Å²) in [5, 5.41) is -0.667. The molecule has 23 heavy (non-hydrogen) atoms. The van der Waals surface area contributed by atoms with Crippen molar-refractivity contribution in [2.75, 3.05) is 39.8 Å². The lowest BCUT2D eigenvalue weighted by Gasteiger charge is -2.31. The molecule has 0 spiro atoms. The molecular weight excluding hydrogens is 340 g/mol. The molecular formula is C15H21ClN2O4S. The normalized spacial score (nSPS) is 17.2. The molecule has 8 heteroatoms. The number of piperazine rings is 1. The summed E-state index contributed by atoms with van der Waals surface area (Å²) in [7, 11) is -1.64. The molecule has 1 aromatic carbocycles. The largest absolute Gasteiger partial charge is 0.493 e. The maximum atomic E-state index is 12.7. The maximum absolute atomic E-state index is 12.7. The second-order valence-corrected chi connectivity index (χ2v) is 7.77. The molecule has 0 aliphatic carbocycles. The van der Waals surface area contributed by atoms with Gasteiger partial charge in [-0.1, -0.05) is 6.92 Å². The summed E-state index contributed by atoms with van der Waals surface area (Å²) in [4.78, 5) is 13.6. The Hall–Kier alpha value is -1.15. The highest BCUT2D eigenvalue weighted by Crippen LogP contribution is 2.27. The Kier molecular flexibility index (Phi) is 6.02. The fraction of sp³-hybridized carbons (Fsp3) is 0.533. The fourth-order valence-corrected chi connectivity index (χ4v) is 3.93. The molecule has 1 aromatic rings. The van der Waals surface area contributed by atoms with Crippen molar-refractivity contribution in [3.63, 3.8) is 0 Å². The van der Waals surface area contributed by atoms with E-state index in [1.165, 1.54) is 22.5 Å². The summed E-state index contributed by atoms with van der Waals surface area (Å²) >= 11 is 5.53. The Balaban J connectivity index is 2.32. The number of carbonyl (C=O) groups is 1. The average molecular weight is 361 g/mol. The van der Waals surface area contributed by atoms with Crippen LogP contribution >= 0.6 is 11.6 Å². The monoisotopic (exact) mass is 360 g/mol. The van der Waals surface area contributed by atoms with Crippen molar-refractivity contribution in [3.05, 3.63) is 23.8 Å². The minimum absolute atomic E-state index is 0.120. The summed E-state index contributed by atoms with van der Waals surface area (Å²) in [6, 6.07) is 4.20. The smallest absolute Gasteiger partial charge is 0.256 e. The molecule has 0 unspecified atom stereocenters. The van der Waals surface area contributed by atoms with Gasteiger partial charge in [-0.3, -0.25) is 4.79 Å². The van der Waals surface area contributed by atoms with Crippen LogP contribution in [-0.2, 0) is 10.0 Å². The standard InChI is InChI=1S/C15H21ClN2O4S/c1-3-10-22-14-11-12(4-5-13(14)15(16)19)23(20,21)18-8-6-17(2)7-9-18/h4-5,11H,3,6-10H2,1-2H3. The molecule has 0 radical (unpaired) electrons. The van der Waals surface area contributed by atoms with Gasteiger partial charge in [-0.25, -0.2) is 8.42 Å². The number of rotatable bonds is 6. The highest BCUT2D eigenvalue weighted by atomic mass is 35.5. The molecule has 1 saturated heterocycles. The maximum Gasteiger partial charge on any atom is 0.256 e. The van der Waals surface area contributed by atoms with E-state index in [0.29, 0.717) is 32.8 Å². The molecule has 0 bridgehead atoms. The molecule has 0 amide bonds. The zero-order chi connectivity index (χ0) is 17.0. The summed E-state index contributed by atoms with van der Waals surface area (Å²) in [6.07, 6.45) is 0.741. The Labute approximate surface area is 142 Å². The number of likely N-dealkylation sites (N-methyl/N-ethyl adjacent to an activating group) is 1. The van der Waals surface area contributed by atoms with Gasteiger partial charge in [-0.15, -0.1) is 0 Å². The number of ether oxygens (including phenoxy) is 1. The van der Waals surface area contributed by atoms with Gasteiger partial charge < -0.3 is 9.64 Å². The van der Waals surface area contributed by atoms with E-state index in [-0.39, 0.29) is 16.2 Å². The first kappa shape index (κ1) is 18.2. The third-order valence-electron chi connectivity index (χ3n) is 3.73. The quantitative estimate of drug-likeness (QED) is 0.723. The second kappa shape index (κ2) is 7.61. The van der Waals surface area contributed by atoms with Crippen molar-refractivity contribution in [1.82, 2.24) is 9.21 Å². The Bertz CT molecular complexity index is 670. The Morgan fingerprint density at radius 3 is 2.48 bits per heavy atom. The minimum atomic E-state index is -3.60. The van der Waals surface area contributed by atoms with Crippen molar-refractivity contribution in [1.29, 1.82) is 0 Å². The molecule has 0 N–H and O–H groups in total. The third kappa shape index (κ3) is 4.23. The minimum Gasteiger partial charge on any atom is -0.493 e. The summed E-state index contributed by atoms with van der Waals surface area (Å²) < 4.78 is 32.4. The van der Waals surface area contributed by atoms with Crippen LogP contribution in [-0.4, -0.2) is 62.7 Å². The van der Waals surface area contributed by atoms with Crippen molar-refractivity contribution < 1.29 is 17.9 Å². The van der Waals surface area contributed by atoms with Gasteiger partial charge in [0.2, 0.25) is 10.0 Å². The fourth-order valence-electron chi connectivity index (χ4n) is 2.33. The number of sulfonamides is 1. The highest BCUT2D eigenvalue weighted by molar-refractivity contribution is 7.89. The van der Waals surface area contributed by atoms with E-state index in [2.05, 4.69) is 4.90 Å². The first-order valence-electron chi connectivity index (χ1n) is 7.51. The molecule has 6 nitrogen and oxygen atoms in total. The van der Waals surface area contributed by atoms with Gasteiger partial charge in [0.1, 0.15) is 5.75 Å². The number of benzene rings is 1. The van der Waals surface area contributed by atoms with Crippen LogP contribution in [0.5, 0.6) is 5.75 Å². The molecule has 0 saturated carbocycles. The lowest BCUT2D eigenvalue weighted by atomic mass is 10.2. The number of hydrogen-bond donors (Lipinski definition) is 0. The molecule has 128 valence electrons. The van der Waals surface area contributed by atoms with Crippen molar-refractivity contribution >= 4 is 26.9 Å². The molecule has 1 aliphatic rings. The SMILES string of the molecule is CCCOc1cc(S(=O)(=O)N2CCN(C)CC2)ccc1C(=O)Cl. The molecule has 0 atom stereocenters. The van der Waals surface area contributed by atoms with Gasteiger partial charge in [0.15, 0.2) is 0 Å². The molecule has 1 aliphatic heterocycles. The van der Waals surface area contributed by atoms with E-state index in [9.17, 15) is 13.2 Å². The van der Waals surface area contributed by atoms with Crippen LogP contribution in [0, 0.1) is 0 Å². The lowest BCUT2D eigenvalue weighted by molar-refractivity contribution is 0.107. The molecule has 2 rings (SSSR count). The van der Waals surface area contributed by atoms with E-state index in [0.717, 1.165) is 6.42 Å². The second-order valence-electron chi connectivity index (χ2n) is 5.49. The molecule has 1 heterocycles. The zero-order valence-corrected chi connectivity index (χ0v) is 14.9. The predicted octanol–water partition coefficient (Wildman–Crippen LogP) is 1.79. The highest BCUT2D eigenvalue weighted by Gasteiger charge is 2.28. The number of carbonyl (C=O) groups excluding carboxylic acids is 1. The van der Waals surface area contributed by atoms with Crippen LogP contribution in [0.15, 0.2) is 23.1 Å². The van der Waals surface area contributed by atoms with Gasteiger partial charge in [0, 0.05) is 32.2 Å². The van der Waals surface area contributed by atoms with E-state index in [1.807, 2.05) is 14.0 Å². The van der Waals surface area contributed by atoms with Crippen LogP contribution in [0.4, 0.5) is 0 Å².